The first-order valence-electron chi connectivity index (χ1n) is 5.55. The van der Waals surface area contributed by atoms with E-state index in [1.165, 1.54) is 10.9 Å². The molecule has 0 amide bonds. The second kappa shape index (κ2) is 5.43. The fourth-order valence-corrected chi connectivity index (χ4v) is 1.93. The molecule has 3 heteroatoms. The zero-order valence-corrected chi connectivity index (χ0v) is 11.4. The molecule has 17 heavy (non-hydrogen) atoms. The van der Waals surface area contributed by atoms with E-state index in [1.807, 2.05) is 13.0 Å². The third-order valence-corrected chi connectivity index (χ3v) is 2.82. The molecule has 2 aromatic rings. The number of aromatic nitrogens is 1. The predicted molar refractivity (Wildman–Crippen MR) is 76.3 cm³/mol. The highest BCUT2D eigenvalue weighted by atomic mass is 79.9. The van der Waals surface area contributed by atoms with Crippen LogP contribution in [0.25, 0.3) is 10.9 Å². The fourth-order valence-electron chi connectivity index (χ4n) is 1.73. The Bertz CT molecular complexity index is 549. The number of nitrogens with zero attached hydrogens (tertiary/aromatic N) is 1. The summed E-state index contributed by atoms with van der Waals surface area (Å²) in [5.41, 5.74) is 3.37. The maximum absolute atomic E-state index is 4.48. The van der Waals surface area contributed by atoms with Crippen LogP contribution >= 0.6 is 15.9 Å². The van der Waals surface area contributed by atoms with Gasteiger partial charge in [0.2, 0.25) is 0 Å². The molecule has 1 heterocycles. The molecular weight excluding hydrogens is 276 g/mol. The molecule has 1 aromatic heterocycles. The van der Waals surface area contributed by atoms with Crippen molar-refractivity contribution in [2.45, 2.75) is 13.5 Å². The SMILES string of the molecule is C=C(Br)CNCc1ccc2nc(C)ccc2c1. The lowest BCUT2D eigenvalue weighted by Gasteiger charge is -2.05. The standard InChI is InChI=1S/C14H15BrN2/c1-10(15)8-16-9-12-4-6-14-13(7-12)5-3-11(2)17-14/h3-7,16H,1,8-9H2,2H3. The van der Waals surface area contributed by atoms with Crippen LogP contribution < -0.4 is 5.32 Å². The van der Waals surface area contributed by atoms with Crippen molar-refractivity contribution in [3.63, 3.8) is 0 Å². The fraction of sp³-hybridized carbons (Fsp3) is 0.214. The van der Waals surface area contributed by atoms with E-state index in [9.17, 15) is 0 Å². The van der Waals surface area contributed by atoms with Gasteiger partial charge in [-0.25, -0.2) is 0 Å². The molecule has 0 aliphatic rings. The number of halogens is 1. The Labute approximate surface area is 110 Å². The van der Waals surface area contributed by atoms with Crippen molar-refractivity contribution in [3.8, 4) is 0 Å². The average molecular weight is 291 g/mol. The molecule has 1 aromatic carbocycles. The van der Waals surface area contributed by atoms with E-state index in [0.29, 0.717) is 0 Å². The highest BCUT2D eigenvalue weighted by Gasteiger charge is 1.98. The van der Waals surface area contributed by atoms with Crippen LogP contribution in [0.4, 0.5) is 0 Å². The minimum absolute atomic E-state index is 0.782. The lowest BCUT2D eigenvalue weighted by Crippen LogP contribution is -2.14. The molecule has 88 valence electrons. The summed E-state index contributed by atoms with van der Waals surface area (Å²) in [5, 5.41) is 4.50. The summed E-state index contributed by atoms with van der Waals surface area (Å²) in [7, 11) is 0. The highest BCUT2D eigenvalue weighted by Crippen LogP contribution is 2.14. The van der Waals surface area contributed by atoms with Gasteiger partial charge in [-0.2, -0.15) is 0 Å². The van der Waals surface area contributed by atoms with Crippen LogP contribution in [0.3, 0.4) is 0 Å². The number of fused-ring (bicyclic) bond motifs is 1. The van der Waals surface area contributed by atoms with Gasteiger partial charge in [0.15, 0.2) is 0 Å². The zero-order valence-electron chi connectivity index (χ0n) is 9.83. The van der Waals surface area contributed by atoms with Gasteiger partial charge in [-0.1, -0.05) is 34.6 Å². The van der Waals surface area contributed by atoms with E-state index >= 15 is 0 Å². The molecule has 2 rings (SSSR count). The molecule has 0 saturated heterocycles. The first kappa shape index (κ1) is 12.3. The highest BCUT2D eigenvalue weighted by molar-refractivity contribution is 9.11. The summed E-state index contributed by atoms with van der Waals surface area (Å²) < 4.78 is 0.968. The zero-order chi connectivity index (χ0) is 12.3. The number of pyridine rings is 1. The predicted octanol–water partition coefficient (Wildman–Crippen LogP) is 3.54. The molecule has 0 fully saturated rings. The second-order valence-corrected chi connectivity index (χ2v) is 5.22. The van der Waals surface area contributed by atoms with Crippen molar-refractivity contribution in [3.05, 3.63) is 52.7 Å². The van der Waals surface area contributed by atoms with E-state index in [0.717, 1.165) is 28.8 Å². The minimum Gasteiger partial charge on any atom is -0.308 e. The molecule has 0 aliphatic heterocycles. The quantitative estimate of drug-likeness (QED) is 0.932. The minimum atomic E-state index is 0.782. The molecule has 0 saturated carbocycles. The van der Waals surface area contributed by atoms with E-state index < -0.39 is 0 Å². The van der Waals surface area contributed by atoms with Crippen molar-refractivity contribution in [2.75, 3.05) is 6.54 Å². The second-order valence-electron chi connectivity index (χ2n) is 4.10. The molecule has 0 spiro atoms. The first-order valence-corrected chi connectivity index (χ1v) is 6.35. The maximum atomic E-state index is 4.48. The molecule has 1 N–H and O–H groups in total. The number of hydrogen-bond acceptors (Lipinski definition) is 2. The van der Waals surface area contributed by atoms with Gasteiger partial charge in [0, 0.05) is 28.7 Å². The Hall–Kier alpha value is -1.19. The Morgan fingerprint density at radius 2 is 2.18 bits per heavy atom. The summed E-state index contributed by atoms with van der Waals surface area (Å²) in [6.07, 6.45) is 0. The van der Waals surface area contributed by atoms with Crippen molar-refractivity contribution in [2.24, 2.45) is 0 Å². The number of rotatable bonds is 4. The summed E-state index contributed by atoms with van der Waals surface area (Å²) in [6.45, 7) is 7.42. The van der Waals surface area contributed by atoms with Crippen molar-refractivity contribution in [1.82, 2.24) is 10.3 Å². The van der Waals surface area contributed by atoms with Gasteiger partial charge in [0.25, 0.3) is 0 Å². The Morgan fingerprint density at radius 3 is 2.94 bits per heavy atom. The normalized spacial score (nSPS) is 10.7. The van der Waals surface area contributed by atoms with E-state index in [1.54, 1.807) is 0 Å². The molecule has 0 unspecified atom stereocenters. The van der Waals surface area contributed by atoms with Gasteiger partial charge in [-0.05, 0) is 30.7 Å². The number of hydrogen-bond donors (Lipinski definition) is 1. The molecule has 2 nitrogen and oxygen atoms in total. The van der Waals surface area contributed by atoms with Crippen molar-refractivity contribution in [1.29, 1.82) is 0 Å². The van der Waals surface area contributed by atoms with Gasteiger partial charge in [0.1, 0.15) is 0 Å². The van der Waals surface area contributed by atoms with E-state index in [2.05, 4.69) is 57.1 Å². The van der Waals surface area contributed by atoms with Crippen molar-refractivity contribution < 1.29 is 0 Å². The van der Waals surface area contributed by atoms with Crippen LogP contribution in [0.5, 0.6) is 0 Å². The van der Waals surface area contributed by atoms with Gasteiger partial charge in [-0.3, -0.25) is 4.98 Å². The largest absolute Gasteiger partial charge is 0.308 e. The lowest BCUT2D eigenvalue weighted by molar-refractivity contribution is 0.758. The third-order valence-electron chi connectivity index (χ3n) is 2.54. The maximum Gasteiger partial charge on any atom is 0.0705 e. The number of benzene rings is 1. The van der Waals surface area contributed by atoms with Crippen molar-refractivity contribution >= 4 is 26.8 Å². The Kier molecular flexibility index (Phi) is 3.92. The van der Waals surface area contributed by atoms with Crippen LogP contribution in [0.1, 0.15) is 11.3 Å². The molecule has 0 aliphatic carbocycles. The van der Waals surface area contributed by atoms with Crippen LogP contribution in [-0.4, -0.2) is 11.5 Å². The van der Waals surface area contributed by atoms with Crippen LogP contribution in [0.15, 0.2) is 41.4 Å². The van der Waals surface area contributed by atoms with Gasteiger partial charge in [-0.15, -0.1) is 0 Å². The van der Waals surface area contributed by atoms with Gasteiger partial charge >= 0.3 is 0 Å². The lowest BCUT2D eigenvalue weighted by atomic mass is 10.1. The van der Waals surface area contributed by atoms with E-state index in [4.69, 9.17) is 0 Å². The molecular formula is C14H15BrN2. The summed E-state index contributed by atoms with van der Waals surface area (Å²) in [6, 6.07) is 10.5. The third kappa shape index (κ3) is 3.38. The van der Waals surface area contributed by atoms with Crippen LogP contribution in [0.2, 0.25) is 0 Å². The Balaban J connectivity index is 2.14. The molecule has 0 bridgehead atoms. The number of aryl methyl sites for hydroxylation is 1. The smallest absolute Gasteiger partial charge is 0.0705 e. The summed E-state index contributed by atoms with van der Waals surface area (Å²) in [5.74, 6) is 0. The molecule has 0 atom stereocenters. The average Bonchev–Trinajstić information content (AvgIpc) is 2.29. The van der Waals surface area contributed by atoms with Crippen LogP contribution in [-0.2, 0) is 6.54 Å². The Morgan fingerprint density at radius 1 is 1.35 bits per heavy atom. The first-order chi connectivity index (χ1) is 8.15. The monoisotopic (exact) mass is 290 g/mol. The summed E-state index contributed by atoms with van der Waals surface area (Å²) in [4.78, 5) is 4.48. The molecule has 0 radical (unpaired) electrons. The summed E-state index contributed by atoms with van der Waals surface area (Å²) >= 11 is 3.33. The topological polar surface area (TPSA) is 24.9 Å². The number of nitrogens with one attached hydrogen (secondary N) is 1. The van der Waals surface area contributed by atoms with E-state index in [-0.39, 0.29) is 0 Å². The van der Waals surface area contributed by atoms with Crippen LogP contribution in [0, 0.1) is 6.92 Å². The van der Waals surface area contributed by atoms with Gasteiger partial charge in [0.05, 0.1) is 5.52 Å². The van der Waals surface area contributed by atoms with Gasteiger partial charge < -0.3 is 5.32 Å².